The van der Waals surface area contributed by atoms with Gasteiger partial charge in [-0.2, -0.15) is 0 Å². The molecule has 1 saturated carbocycles. The molecule has 0 saturated heterocycles. The Hall–Kier alpha value is -1.06. The van der Waals surface area contributed by atoms with Crippen LogP contribution in [0.1, 0.15) is 50.3 Å². The van der Waals surface area contributed by atoms with Crippen molar-refractivity contribution in [3.63, 3.8) is 0 Å². The van der Waals surface area contributed by atoms with Gasteiger partial charge >= 0.3 is 0 Å². The highest BCUT2D eigenvalue weighted by Gasteiger charge is 2.47. The van der Waals surface area contributed by atoms with E-state index in [-0.39, 0.29) is 11.5 Å². The summed E-state index contributed by atoms with van der Waals surface area (Å²) in [5, 5.41) is 13.7. The second kappa shape index (κ2) is 5.05. The molecule has 0 aliphatic heterocycles. The summed E-state index contributed by atoms with van der Waals surface area (Å²) in [7, 11) is 1.72. The van der Waals surface area contributed by atoms with Gasteiger partial charge in [0.15, 0.2) is 0 Å². The predicted molar refractivity (Wildman–Crippen MR) is 80.0 cm³/mol. The molecule has 2 N–H and O–H groups in total. The maximum absolute atomic E-state index is 9.88. The molecule has 3 heteroatoms. The van der Waals surface area contributed by atoms with Gasteiger partial charge in [0.05, 0.1) is 13.2 Å². The molecule has 110 valence electrons. The van der Waals surface area contributed by atoms with Crippen LogP contribution in [0.25, 0.3) is 0 Å². The normalized spacial score (nSPS) is 31.3. The van der Waals surface area contributed by atoms with Crippen molar-refractivity contribution in [2.45, 2.75) is 57.7 Å². The van der Waals surface area contributed by atoms with Gasteiger partial charge in [-0.3, -0.25) is 0 Å². The Kier molecular flexibility index (Phi) is 3.51. The molecule has 3 rings (SSSR count). The minimum absolute atomic E-state index is 0.00984. The third-order valence-corrected chi connectivity index (χ3v) is 5.28. The SMILES string of the molecule is COc1ccc2c(c1)CCCC2NC1CC(O)C1(C)C. The molecule has 3 atom stereocenters. The number of benzene rings is 1. The summed E-state index contributed by atoms with van der Waals surface area (Å²) >= 11 is 0. The third-order valence-electron chi connectivity index (χ3n) is 5.28. The molecule has 3 nitrogen and oxygen atoms in total. The smallest absolute Gasteiger partial charge is 0.119 e. The first-order valence-corrected chi connectivity index (χ1v) is 7.63. The number of aliphatic hydroxyl groups excluding tert-OH is 1. The predicted octanol–water partition coefficient (Wildman–Crippen LogP) is 2.82. The summed E-state index contributed by atoms with van der Waals surface area (Å²) in [6, 6.07) is 7.26. The number of methoxy groups -OCH3 is 1. The Bertz CT molecular complexity index is 498. The second-order valence-electron chi connectivity index (χ2n) is 6.80. The van der Waals surface area contributed by atoms with Gasteiger partial charge in [-0.25, -0.2) is 0 Å². The maximum atomic E-state index is 9.88. The lowest BCUT2D eigenvalue weighted by atomic mass is 9.64. The molecular weight excluding hydrogens is 250 g/mol. The van der Waals surface area contributed by atoms with Crippen LogP contribution in [0.3, 0.4) is 0 Å². The van der Waals surface area contributed by atoms with Crippen molar-refractivity contribution < 1.29 is 9.84 Å². The van der Waals surface area contributed by atoms with Crippen molar-refractivity contribution in [3.05, 3.63) is 29.3 Å². The zero-order chi connectivity index (χ0) is 14.3. The monoisotopic (exact) mass is 275 g/mol. The molecule has 3 unspecified atom stereocenters. The first-order chi connectivity index (χ1) is 9.52. The van der Waals surface area contributed by atoms with E-state index in [1.165, 1.54) is 24.0 Å². The van der Waals surface area contributed by atoms with Crippen molar-refractivity contribution in [1.29, 1.82) is 0 Å². The first-order valence-electron chi connectivity index (χ1n) is 7.63. The van der Waals surface area contributed by atoms with E-state index < -0.39 is 0 Å². The fraction of sp³-hybridized carbons (Fsp3) is 0.647. The molecule has 1 fully saturated rings. The molecule has 1 aromatic rings. The van der Waals surface area contributed by atoms with Gasteiger partial charge < -0.3 is 15.2 Å². The molecule has 2 aliphatic rings. The number of aliphatic hydroxyl groups is 1. The largest absolute Gasteiger partial charge is 0.497 e. The summed E-state index contributed by atoms with van der Waals surface area (Å²) in [6.07, 6.45) is 4.24. The zero-order valence-electron chi connectivity index (χ0n) is 12.6. The Morgan fingerprint density at radius 3 is 2.80 bits per heavy atom. The molecule has 0 spiro atoms. The second-order valence-corrected chi connectivity index (χ2v) is 6.80. The highest BCUT2D eigenvalue weighted by atomic mass is 16.5. The summed E-state index contributed by atoms with van der Waals surface area (Å²) in [4.78, 5) is 0. The van der Waals surface area contributed by atoms with Crippen LogP contribution >= 0.6 is 0 Å². The molecule has 2 aliphatic carbocycles. The van der Waals surface area contributed by atoms with Crippen LogP contribution < -0.4 is 10.1 Å². The summed E-state index contributed by atoms with van der Waals surface area (Å²) < 4.78 is 5.32. The van der Waals surface area contributed by atoms with Crippen LogP contribution in [0.5, 0.6) is 5.75 Å². The van der Waals surface area contributed by atoms with E-state index in [4.69, 9.17) is 4.74 Å². The van der Waals surface area contributed by atoms with E-state index >= 15 is 0 Å². The average Bonchev–Trinajstić information content (AvgIpc) is 2.46. The lowest BCUT2D eigenvalue weighted by molar-refractivity contribution is -0.0766. The van der Waals surface area contributed by atoms with Gasteiger partial charge in [0.1, 0.15) is 5.75 Å². The van der Waals surface area contributed by atoms with E-state index in [9.17, 15) is 5.11 Å². The number of fused-ring (bicyclic) bond motifs is 1. The minimum Gasteiger partial charge on any atom is -0.497 e. The van der Waals surface area contributed by atoms with Gasteiger partial charge in [0, 0.05) is 17.5 Å². The molecule has 1 aromatic carbocycles. The van der Waals surface area contributed by atoms with Gasteiger partial charge in [0.2, 0.25) is 0 Å². The minimum atomic E-state index is -0.168. The van der Waals surface area contributed by atoms with Crippen LogP contribution in [-0.4, -0.2) is 24.4 Å². The summed E-state index contributed by atoms with van der Waals surface area (Å²) in [5.74, 6) is 0.948. The molecule has 0 amide bonds. The highest BCUT2D eigenvalue weighted by molar-refractivity contribution is 5.39. The zero-order valence-corrected chi connectivity index (χ0v) is 12.6. The van der Waals surface area contributed by atoms with Crippen LogP contribution in [0.4, 0.5) is 0 Å². The van der Waals surface area contributed by atoms with Gasteiger partial charge in [-0.05, 0) is 48.9 Å². The van der Waals surface area contributed by atoms with E-state index in [0.29, 0.717) is 12.1 Å². The van der Waals surface area contributed by atoms with Gasteiger partial charge in [0.25, 0.3) is 0 Å². The number of nitrogens with one attached hydrogen (secondary N) is 1. The first kappa shape index (κ1) is 13.9. The quantitative estimate of drug-likeness (QED) is 0.891. The van der Waals surface area contributed by atoms with E-state index in [2.05, 4.69) is 37.4 Å². The van der Waals surface area contributed by atoms with E-state index in [0.717, 1.165) is 18.6 Å². The van der Waals surface area contributed by atoms with Gasteiger partial charge in [-0.1, -0.05) is 19.9 Å². The lowest BCUT2D eigenvalue weighted by Crippen LogP contribution is -2.60. The fourth-order valence-corrected chi connectivity index (χ4v) is 3.52. The topological polar surface area (TPSA) is 41.5 Å². The maximum Gasteiger partial charge on any atom is 0.119 e. The van der Waals surface area contributed by atoms with Crippen LogP contribution in [0.2, 0.25) is 0 Å². The number of hydrogen-bond donors (Lipinski definition) is 2. The molecule has 0 aromatic heterocycles. The number of ether oxygens (including phenoxy) is 1. The van der Waals surface area contributed by atoms with Crippen LogP contribution in [0.15, 0.2) is 18.2 Å². The molecule has 0 bridgehead atoms. The van der Waals surface area contributed by atoms with Crippen molar-refractivity contribution >= 4 is 0 Å². The number of rotatable bonds is 3. The number of hydrogen-bond acceptors (Lipinski definition) is 3. The standard InChI is InChI=1S/C17H25NO2/c1-17(2)15(10-16(17)19)18-14-6-4-5-11-9-12(20-3)7-8-13(11)14/h7-9,14-16,18-19H,4-6,10H2,1-3H3. The summed E-state index contributed by atoms with van der Waals surface area (Å²) in [5.41, 5.74) is 2.81. The number of aryl methyl sites for hydroxylation is 1. The Labute approximate surface area is 121 Å². The third kappa shape index (κ3) is 2.23. The highest BCUT2D eigenvalue weighted by Crippen LogP contribution is 2.43. The molecule has 20 heavy (non-hydrogen) atoms. The molecular formula is C17H25NO2. The lowest BCUT2D eigenvalue weighted by Gasteiger charge is -2.51. The Morgan fingerprint density at radius 1 is 1.35 bits per heavy atom. The van der Waals surface area contributed by atoms with Crippen molar-refractivity contribution in [3.8, 4) is 5.75 Å². The van der Waals surface area contributed by atoms with E-state index in [1.807, 2.05) is 0 Å². The summed E-state index contributed by atoms with van der Waals surface area (Å²) in [6.45, 7) is 4.30. The molecule has 0 heterocycles. The fourth-order valence-electron chi connectivity index (χ4n) is 3.52. The molecule has 0 radical (unpaired) electrons. The van der Waals surface area contributed by atoms with E-state index in [1.54, 1.807) is 7.11 Å². The van der Waals surface area contributed by atoms with Crippen LogP contribution in [-0.2, 0) is 6.42 Å². The average molecular weight is 275 g/mol. The Morgan fingerprint density at radius 2 is 2.15 bits per heavy atom. The van der Waals surface area contributed by atoms with Gasteiger partial charge in [-0.15, -0.1) is 0 Å². The Balaban J connectivity index is 1.77. The van der Waals surface area contributed by atoms with Crippen molar-refractivity contribution in [2.24, 2.45) is 5.41 Å². The van der Waals surface area contributed by atoms with Crippen molar-refractivity contribution in [2.75, 3.05) is 7.11 Å². The van der Waals surface area contributed by atoms with Crippen molar-refractivity contribution in [1.82, 2.24) is 5.32 Å². The van der Waals surface area contributed by atoms with Crippen LogP contribution in [0, 0.1) is 5.41 Å².